The number of fused-ring (bicyclic) bond motifs is 4. The summed E-state index contributed by atoms with van der Waals surface area (Å²) in [6, 6.07) is 33.2. The Bertz CT molecular complexity index is 3230. The van der Waals surface area contributed by atoms with Crippen molar-refractivity contribution >= 4 is 88.4 Å². The van der Waals surface area contributed by atoms with Gasteiger partial charge in [0.15, 0.2) is 0 Å². The fraction of sp³-hybridized carbons (Fsp3) is 0.264. The number of para-hydroxylation sites is 1. The number of imide groups is 1. The molecule has 0 saturated carbocycles. The number of carbonyl (C=O) groups excluding carboxylic acids is 2. The van der Waals surface area contributed by atoms with Crippen LogP contribution in [0.3, 0.4) is 0 Å². The predicted octanol–water partition coefficient (Wildman–Crippen LogP) is 12.1. The molecule has 60 heavy (non-hydrogen) atoms. The minimum atomic E-state index is -0.379. The first-order valence-corrected chi connectivity index (χ1v) is 21.8. The SMILES string of the molecule is CCCCCCC(CCCCCC)N1C(=O)c2ccc3c4cccc5ccc6c7c(=O)n(Cc8ccc(C=Nc9ccccc9)cc8)c(=O)c7c7cc(c2c3c7c6c54)C1=O. The van der Waals surface area contributed by atoms with Gasteiger partial charge < -0.3 is 0 Å². The molecule has 8 aromatic carbocycles. The maximum atomic E-state index is 15.1. The smallest absolute Gasteiger partial charge is 0.262 e. The Hall–Kier alpha value is -6.47. The molecule has 1 aromatic heterocycles. The monoisotopic (exact) mass is 789 g/mol. The van der Waals surface area contributed by atoms with Gasteiger partial charge in [-0.2, -0.15) is 0 Å². The molecule has 7 nitrogen and oxygen atoms in total. The van der Waals surface area contributed by atoms with Crippen LogP contribution in [0.1, 0.15) is 110 Å². The van der Waals surface area contributed by atoms with E-state index in [0.717, 1.165) is 119 Å². The van der Waals surface area contributed by atoms with Gasteiger partial charge in [0.05, 0.1) is 23.0 Å². The van der Waals surface area contributed by atoms with E-state index in [-0.39, 0.29) is 35.5 Å². The molecule has 0 unspecified atom stereocenters. The molecule has 0 saturated heterocycles. The lowest BCUT2D eigenvalue weighted by Crippen LogP contribution is -2.47. The van der Waals surface area contributed by atoms with Gasteiger partial charge in [0.1, 0.15) is 0 Å². The molecule has 0 fully saturated rings. The molecular formula is C53H47N3O4. The van der Waals surface area contributed by atoms with Crippen molar-refractivity contribution in [1.29, 1.82) is 0 Å². The minimum absolute atomic E-state index is 0.0963. The summed E-state index contributed by atoms with van der Waals surface area (Å²) in [4.78, 5) is 65.6. The van der Waals surface area contributed by atoms with Crippen LogP contribution >= 0.6 is 0 Å². The maximum absolute atomic E-state index is 15.1. The molecule has 2 heterocycles. The van der Waals surface area contributed by atoms with Gasteiger partial charge in [-0.1, -0.05) is 144 Å². The van der Waals surface area contributed by atoms with E-state index in [1.54, 1.807) is 11.1 Å². The van der Waals surface area contributed by atoms with Gasteiger partial charge in [0.2, 0.25) is 0 Å². The molecule has 0 aliphatic carbocycles. The average Bonchev–Trinajstić information content (AvgIpc) is 3.52. The highest BCUT2D eigenvalue weighted by atomic mass is 16.2. The minimum Gasteiger partial charge on any atom is -0.271 e. The number of nitrogens with zero attached hydrogens (tertiary/aromatic N) is 3. The molecule has 0 atom stereocenters. The van der Waals surface area contributed by atoms with Crippen molar-refractivity contribution < 1.29 is 9.59 Å². The van der Waals surface area contributed by atoms with Gasteiger partial charge in [-0.3, -0.25) is 33.6 Å². The van der Waals surface area contributed by atoms with Crippen LogP contribution < -0.4 is 11.1 Å². The molecule has 0 spiro atoms. The van der Waals surface area contributed by atoms with Crippen LogP contribution in [-0.4, -0.2) is 33.5 Å². The normalized spacial score (nSPS) is 13.5. The summed E-state index contributed by atoms with van der Waals surface area (Å²) in [6.45, 7) is 4.47. The van der Waals surface area contributed by atoms with Crippen molar-refractivity contribution in [2.24, 2.45) is 4.99 Å². The van der Waals surface area contributed by atoms with Crippen molar-refractivity contribution in [2.45, 2.75) is 90.6 Å². The van der Waals surface area contributed by atoms with Crippen LogP contribution in [0.2, 0.25) is 0 Å². The highest BCUT2D eigenvalue weighted by Crippen LogP contribution is 2.50. The van der Waals surface area contributed by atoms with Gasteiger partial charge in [-0.15, -0.1) is 0 Å². The van der Waals surface area contributed by atoms with Crippen LogP contribution in [0, 0.1) is 0 Å². The maximum Gasteiger partial charge on any atom is 0.262 e. The third-order valence-electron chi connectivity index (χ3n) is 13.1. The molecule has 1 aliphatic rings. The molecule has 0 bridgehead atoms. The fourth-order valence-electron chi connectivity index (χ4n) is 10.1. The van der Waals surface area contributed by atoms with Crippen LogP contribution in [0.25, 0.3) is 64.6 Å². The van der Waals surface area contributed by atoms with Crippen LogP contribution in [0.15, 0.2) is 118 Å². The summed E-state index contributed by atoms with van der Waals surface area (Å²) in [7, 11) is 0. The van der Waals surface area contributed by atoms with E-state index in [1.807, 2.05) is 91.0 Å². The second kappa shape index (κ2) is 15.3. The summed E-state index contributed by atoms with van der Waals surface area (Å²) in [5.41, 5.74) is 2.80. The summed E-state index contributed by atoms with van der Waals surface area (Å²) < 4.78 is 1.35. The van der Waals surface area contributed by atoms with E-state index in [0.29, 0.717) is 38.1 Å². The van der Waals surface area contributed by atoms with Gasteiger partial charge in [0.25, 0.3) is 22.9 Å². The third-order valence-corrected chi connectivity index (χ3v) is 13.1. The first kappa shape index (κ1) is 37.8. The highest BCUT2D eigenvalue weighted by Gasteiger charge is 2.39. The predicted molar refractivity (Wildman–Crippen MR) is 247 cm³/mol. The van der Waals surface area contributed by atoms with Crippen molar-refractivity contribution in [2.75, 3.05) is 0 Å². The van der Waals surface area contributed by atoms with Crippen LogP contribution in [0.4, 0.5) is 5.69 Å². The lowest BCUT2D eigenvalue weighted by atomic mass is 9.80. The third kappa shape index (κ3) is 5.96. The molecule has 1 aliphatic heterocycles. The zero-order valence-corrected chi connectivity index (χ0v) is 34.2. The first-order chi connectivity index (χ1) is 29.4. The number of amides is 2. The van der Waals surface area contributed by atoms with Gasteiger partial charge in [0, 0.05) is 28.8 Å². The van der Waals surface area contributed by atoms with E-state index in [4.69, 9.17) is 0 Å². The highest BCUT2D eigenvalue weighted by molar-refractivity contribution is 6.47. The summed E-state index contributed by atoms with van der Waals surface area (Å²) in [5, 5.41) is 9.17. The second-order valence-corrected chi connectivity index (χ2v) is 16.8. The van der Waals surface area contributed by atoms with Crippen LogP contribution in [0.5, 0.6) is 0 Å². The van der Waals surface area contributed by atoms with Crippen molar-refractivity contribution in [3.05, 3.63) is 146 Å². The summed E-state index contributed by atoms with van der Waals surface area (Å²) in [6.07, 6.45) is 11.8. The Morgan fingerprint density at radius 2 is 1.17 bits per heavy atom. The number of aromatic nitrogens is 1. The molecular weight excluding hydrogens is 743 g/mol. The lowest BCUT2D eigenvalue weighted by molar-refractivity contribution is 0.0517. The van der Waals surface area contributed by atoms with E-state index in [1.165, 1.54) is 4.57 Å². The zero-order valence-electron chi connectivity index (χ0n) is 34.2. The topological polar surface area (TPSA) is 88.8 Å². The molecule has 7 heteroatoms. The van der Waals surface area contributed by atoms with Crippen molar-refractivity contribution in [3.63, 3.8) is 0 Å². The molecule has 9 aromatic rings. The molecule has 2 amide bonds. The molecule has 0 radical (unpaired) electrons. The Morgan fingerprint density at radius 1 is 0.533 bits per heavy atom. The number of hydrogen-bond acceptors (Lipinski definition) is 5. The van der Waals surface area contributed by atoms with Crippen molar-refractivity contribution in [3.8, 4) is 0 Å². The Kier molecular flexibility index (Phi) is 9.62. The molecule has 0 N–H and O–H groups in total. The lowest BCUT2D eigenvalue weighted by Gasteiger charge is -2.35. The quantitative estimate of drug-likeness (QED) is 0.0340. The van der Waals surface area contributed by atoms with Gasteiger partial charge >= 0.3 is 0 Å². The Labute approximate surface area is 348 Å². The van der Waals surface area contributed by atoms with Crippen molar-refractivity contribution in [1.82, 2.24) is 9.47 Å². The number of aliphatic imine (C=N–C) groups is 1. The summed E-state index contributed by atoms with van der Waals surface area (Å²) >= 11 is 0. The largest absolute Gasteiger partial charge is 0.271 e. The van der Waals surface area contributed by atoms with E-state index < -0.39 is 0 Å². The van der Waals surface area contributed by atoms with Gasteiger partial charge in [-0.05, 0) is 96.7 Å². The number of unbranched alkanes of at least 4 members (excludes halogenated alkanes) is 6. The molecule has 298 valence electrons. The standard InChI is InChI=1S/C53H47N3O4/c1-3-5-7-12-18-36(19-13-8-6-4-2)56-50(57)40-28-27-38-37-20-14-15-34-25-26-39-46(43(34)37)47-41(29-42(51(56)58)44(40)45(38)47)49-48(39)52(59)55(53(49)60)31-33-23-21-32(22-24-33)30-54-35-16-10-9-11-17-35/h9-11,14-17,20-30,36H,3-8,12-13,18-19,31H2,1-2H3. The first-order valence-electron chi connectivity index (χ1n) is 21.8. The van der Waals surface area contributed by atoms with E-state index in [9.17, 15) is 14.4 Å². The number of rotatable bonds is 15. The van der Waals surface area contributed by atoms with Gasteiger partial charge in [-0.25, -0.2) is 0 Å². The van der Waals surface area contributed by atoms with E-state index in [2.05, 4.69) is 31.0 Å². The van der Waals surface area contributed by atoms with E-state index >= 15 is 4.79 Å². The Balaban J connectivity index is 1.17. The average molecular weight is 790 g/mol. The zero-order chi connectivity index (χ0) is 41.1. The fourth-order valence-corrected chi connectivity index (χ4v) is 10.1. The number of benzene rings is 8. The number of carbonyl (C=O) groups is 2. The summed E-state index contributed by atoms with van der Waals surface area (Å²) in [5.74, 6) is -0.545. The van der Waals surface area contributed by atoms with Crippen LogP contribution in [-0.2, 0) is 6.54 Å². The second-order valence-electron chi connectivity index (χ2n) is 16.8. The Morgan fingerprint density at radius 3 is 1.88 bits per heavy atom. The number of hydrogen-bond donors (Lipinski definition) is 0. The molecule has 10 rings (SSSR count).